The van der Waals surface area contributed by atoms with E-state index in [1.165, 1.54) is 16.7 Å². The van der Waals surface area contributed by atoms with Crippen LogP contribution in [0, 0.1) is 0 Å². The first-order valence-electron chi connectivity index (χ1n) is 9.34. The highest BCUT2D eigenvalue weighted by Crippen LogP contribution is 2.45. The second kappa shape index (κ2) is 7.27. The number of amidine groups is 1. The zero-order valence-electron chi connectivity index (χ0n) is 16.0. The molecule has 1 saturated heterocycles. The van der Waals surface area contributed by atoms with Crippen LogP contribution < -0.4 is 9.80 Å². The Balaban J connectivity index is 1.69. The Bertz CT molecular complexity index is 1220. The number of hydrogen-bond donors (Lipinski definition) is 0. The van der Waals surface area contributed by atoms with Gasteiger partial charge in [0.05, 0.1) is 21.9 Å². The van der Waals surface area contributed by atoms with Crippen LogP contribution in [-0.2, 0) is 9.59 Å². The van der Waals surface area contributed by atoms with E-state index in [0.717, 1.165) is 11.3 Å². The third-order valence-electron chi connectivity index (χ3n) is 4.94. The maximum Gasteiger partial charge on any atom is 0.272 e. The highest BCUT2D eigenvalue weighted by atomic mass is 32.2. The Labute approximate surface area is 177 Å². The van der Waals surface area contributed by atoms with Crippen LogP contribution in [0.25, 0.3) is 5.57 Å². The first kappa shape index (κ1) is 18.3. The standard InChI is InChI=1S/C23H16N4O2S/c1-26-17-12-6-5-11-16(17)19(21(26)28)20-22(29)27(15-9-3-2-4-10-15)23(30-20)25-18-13-7-8-14-24-18/h2-14H,1H3/b20-19-,25-23+. The fourth-order valence-electron chi connectivity index (χ4n) is 3.51. The molecule has 6 nitrogen and oxygen atoms in total. The first-order chi connectivity index (χ1) is 14.6. The van der Waals surface area contributed by atoms with Crippen molar-refractivity contribution in [2.75, 3.05) is 16.8 Å². The third-order valence-corrected chi connectivity index (χ3v) is 5.98. The van der Waals surface area contributed by atoms with E-state index >= 15 is 0 Å². The highest BCUT2D eigenvalue weighted by Gasteiger charge is 2.42. The van der Waals surface area contributed by atoms with Crippen molar-refractivity contribution in [1.82, 2.24) is 4.98 Å². The van der Waals surface area contributed by atoms with Crippen LogP contribution in [0.5, 0.6) is 0 Å². The van der Waals surface area contributed by atoms with E-state index in [0.29, 0.717) is 27.2 Å². The molecule has 30 heavy (non-hydrogen) atoms. The molecular formula is C23H16N4O2S. The molecule has 0 unspecified atom stereocenters. The van der Waals surface area contributed by atoms with Gasteiger partial charge in [-0.05, 0) is 42.1 Å². The summed E-state index contributed by atoms with van der Waals surface area (Å²) in [5, 5.41) is 0.465. The van der Waals surface area contributed by atoms with Gasteiger partial charge in [0, 0.05) is 18.8 Å². The van der Waals surface area contributed by atoms with Gasteiger partial charge in [-0.1, -0.05) is 42.5 Å². The van der Waals surface area contributed by atoms with Crippen molar-refractivity contribution < 1.29 is 9.59 Å². The van der Waals surface area contributed by atoms with Gasteiger partial charge in [-0.3, -0.25) is 14.5 Å². The van der Waals surface area contributed by atoms with Crippen molar-refractivity contribution >= 4 is 51.5 Å². The van der Waals surface area contributed by atoms with Gasteiger partial charge in [0.1, 0.15) is 0 Å². The van der Waals surface area contributed by atoms with E-state index < -0.39 is 0 Å². The number of amides is 2. The Morgan fingerprint density at radius 3 is 2.37 bits per heavy atom. The fraction of sp³-hybridized carbons (Fsp3) is 0.0435. The minimum atomic E-state index is -0.269. The van der Waals surface area contributed by atoms with Crippen molar-refractivity contribution in [3.8, 4) is 0 Å². The van der Waals surface area contributed by atoms with Crippen LogP contribution in [0.3, 0.4) is 0 Å². The van der Waals surface area contributed by atoms with Crippen molar-refractivity contribution in [3.63, 3.8) is 0 Å². The predicted molar refractivity (Wildman–Crippen MR) is 120 cm³/mol. The lowest BCUT2D eigenvalue weighted by Gasteiger charge is -2.15. The van der Waals surface area contributed by atoms with Crippen LogP contribution in [0.15, 0.2) is 88.9 Å². The third kappa shape index (κ3) is 2.91. The van der Waals surface area contributed by atoms with Gasteiger partial charge in [0.2, 0.25) is 0 Å². The molecule has 0 bridgehead atoms. The molecule has 2 aliphatic rings. The molecule has 3 aromatic rings. The number of aromatic nitrogens is 1. The summed E-state index contributed by atoms with van der Waals surface area (Å²) >= 11 is 1.20. The molecular weight excluding hydrogens is 396 g/mol. The van der Waals surface area contributed by atoms with Gasteiger partial charge in [-0.2, -0.15) is 0 Å². The number of nitrogens with zero attached hydrogens (tertiary/aromatic N) is 4. The van der Waals surface area contributed by atoms with Gasteiger partial charge in [0.25, 0.3) is 11.8 Å². The molecule has 0 N–H and O–H groups in total. The number of thioether (sulfide) groups is 1. The van der Waals surface area contributed by atoms with Crippen molar-refractivity contribution in [2.24, 2.45) is 4.99 Å². The number of likely N-dealkylation sites (N-methyl/N-ethyl adjacent to an activating group) is 1. The van der Waals surface area contributed by atoms with E-state index in [9.17, 15) is 9.59 Å². The van der Waals surface area contributed by atoms with Gasteiger partial charge in [0.15, 0.2) is 11.0 Å². The van der Waals surface area contributed by atoms with E-state index in [-0.39, 0.29) is 11.8 Å². The van der Waals surface area contributed by atoms with Crippen molar-refractivity contribution in [2.45, 2.75) is 0 Å². The average molecular weight is 412 g/mol. The Kier molecular flexibility index (Phi) is 4.44. The molecule has 0 aliphatic carbocycles. The highest BCUT2D eigenvalue weighted by molar-refractivity contribution is 8.19. The number of aliphatic imine (C=N–C) groups is 1. The smallest absolute Gasteiger partial charge is 0.272 e. The summed E-state index contributed by atoms with van der Waals surface area (Å²) < 4.78 is 0. The monoisotopic (exact) mass is 412 g/mol. The Morgan fingerprint density at radius 1 is 0.867 bits per heavy atom. The largest absolute Gasteiger partial charge is 0.311 e. The Hall–Kier alpha value is -3.71. The normalized spacial score (nSPS) is 19.7. The number of rotatable bonds is 2. The number of carbonyl (C=O) groups is 2. The molecule has 3 heterocycles. The van der Waals surface area contributed by atoms with E-state index in [4.69, 9.17) is 0 Å². The van der Waals surface area contributed by atoms with Gasteiger partial charge in [-0.25, -0.2) is 9.98 Å². The summed E-state index contributed by atoms with van der Waals surface area (Å²) in [6.07, 6.45) is 1.65. The van der Waals surface area contributed by atoms with Crippen LogP contribution in [0.4, 0.5) is 17.2 Å². The van der Waals surface area contributed by atoms with E-state index in [1.54, 1.807) is 24.2 Å². The minimum absolute atomic E-state index is 0.195. The first-order valence-corrected chi connectivity index (χ1v) is 10.2. The zero-order chi connectivity index (χ0) is 20.7. The molecule has 5 rings (SSSR count). The van der Waals surface area contributed by atoms with Gasteiger partial charge in [-0.15, -0.1) is 0 Å². The lowest BCUT2D eigenvalue weighted by atomic mass is 10.1. The molecule has 1 aromatic heterocycles. The van der Waals surface area contributed by atoms with Crippen molar-refractivity contribution in [3.05, 3.63) is 89.5 Å². The predicted octanol–water partition coefficient (Wildman–Crippen LogP) is 4.24. The van der Waals surface area contributed by atoms with Crippen molar-refractivity contribution in [1.29, 1.82) is 0 Å². The van der Waals surface area contributed by atoms with Crippen LogP contribution in [0.1, 0.15) is 5.56 Å². The quantitative estimate of drug-likeness (QED) is 0.591. The number of pyridine rings is 1. The molecule has 0 atom stereocenters. The molecule has 7 heteroatoms. The van der Waals surface area contributed by atoms with Crippen LogP contribution >= 0.6 is 11.8 Å². The van der Waals surface area contributed by atoms with Gasteiger partial charge >= 0.3 is 0 Å². The molecule has 1 fully saturated rings. The second-order valence-corrected chi connectivity index (χ2v) is 7.72. The number of hydrogen-bond acceptors (Lipinski definition) is 5. The fourth-order valence-corrected chi connectivity index (χ4v) is 4.59. The van der Waals surface area contributed by atoms with Crippen LogP contribution in [0.2, 0.25) is 0 Å². The lowest BCUT2D eigenvalue weighted by Crippen LogP contribution is -2.29. The van der Waals surface area contributed by atoms with Gasteiger partial charge < -0.3 is 4.90 Å². The average Bonchev–Trinajstić information content (AvgIpc) is 3.23. The number of benzene rings is 2. The molecule has 2 aromatic carbocycles. The lowest BCUT2D eigenvalue weighted by molar-refractivity contribution is -0.115. The summed E-state index contributed by atoms with van der Waals surface area (Å²) in [6.45, 7) is 0. The summed E-state index contributed by atoms with van der Waals surface area (Å²) in [5.41, 5.74) is 2.65. The molecule has 0 spiro atoms. The molecule has 146 valence electrons. The SMILES string of the molecule is CN1C(=O)/C(=C2\S/C(=N/c3ccccn3)N(c3ccccc3)C2=O)c2ccccc21. The van der Waals surface area contributed by atoms with E-state index in [2.05, 4.69) is 9.98 Å². The maximum atomic E-state index is 13.5. The summed E-state index contributed by atoms with van der Waals surface area (Å²) in [4.78, 5) is 38.9. The summed E-state index contributed by atoms with van der Waals surface area (Å²) in [6, 6.07) is 22.2. The summed E-state index contributed by atoms with van der Waals surface area (Å²) in [7, 11) is 1.72. The Morgan fingerprint density at radius 2 is 1.60 bits per heavy atom. The van der Waals surface area contributed by atoms with E-state index in [1.807, 2.05) is 66.7 Å². The summed E-state index contributed by atoms with van der Waals surface area (Å²) in [5.74, 6) is 0.0312. The molecule has 0 saturated carbocycles. The van der Waals surface area contributed by atoms with Crippen LogP contribution in [-0.4, -0.2) is 29.0 Å². The topological polar surface area (TPSA) is 65.9 Å². The number of carbonyl (C=O) groups excluding carboxylic acids is 2. The number of fused-ring (bicyclic) bond motifs is 1. The number of anilines is 2. The molecule has 0 radical (unpaired) electrons. The molecule has 2 aliphatic heterocycles. The number of para-hydroxylation sites is 2. The zero-order valence-corrected chi connectivity index (χ0v) is 16.8. The second-order valence-electron chi connectivity index (χ2n) is 6.75. The molecule has 2 amide bonds. The minimum Gasteiger partial charge on any atom is -0.311 e. The maximum absolute atomic E-state index is 13.5.